The molecule has 0 aromatic carbocycles. The third-order valence-corrected chi connectivity index (χ3v) is 5.08. The van der Waals surface area contributed by atoms with Crippen LogP contribution in [0.1, 0.15) is 35.7 Å². The topological polar surface area (TPSA) is 89.0 Å². The lowest BCUT2D eigenvalue weighted by Crippen LogP contribution is -2.15. The number of halogens is 3. The summed E-state index contributed by atoms with van der Waals surface area (Å²) < 4.78 is 43.9. The molecule has 1 saturated carbocycles. The van der Waals surface area contributed by atoms with Gasteiger partial charge in [-0.05, 0) is 37.1 Å². The van der Waals surface area contributed by atoms with E-state index in [1.54, 1.807) is 12.3 Å². The number of carbonyl (C=O) groups is 1. The van der Waals surface area contributed by atoms with Crippen molar-refractivity contribution in [2.24, 2.45) is 5.41 Å². The molecule has 166 valence electrons. The van der Waals surface area contributed by atoms with E-state index in [-0.39, 0.29) is 17.1 Å². The molecule has 0 radical (unpaired) electrons. The summed E-state index contributed by atoms with van der Waals surface area (Å²) in [7, 11) is 0. The molecule has 1 aliphatic rings. The maximum Gasteiger partial charge on any atom is 0.417 e. The summed E-state index contributed by atoms with van der Waals surface area (Å²) in [4.78, 5) is 24.6. The first-order valence-electron chi connectivity index (χ1n) is 9.86. The molecule has 1 aliphatic carbocycles. The second kappa shape index (κ2) is 8.45. The highest BCUT2D eigenvalue weighted by Gasteiger charge is 2.38. The van der Waals surface area contributed by atoms with Crippen molar-refractivity contribution in [3.63, 3.8) is 0 Å². The molecule has 0 aliphatic heterocycles. The van der Waals surface area contributed by atoms with Gasteiger partial charge in [0.1, 0.15) is 23.1 Å². The van der Waals surface area contributed by atoms with Gasteiger partial charge >= 0.3 is 6.18 Å². The molecule has 3 aromatic rings. The summed E-state index contributed by atoms with van der Waals surface area (Å²) in [5.41, 5.74) is 0.0629. The van der Waals surface area contributed by atoms with Crippen molar-refractivity contribution in [1.29, 1.82) is 0 Å². The predicted octanol–water partition coefficient (Wildman–Crippen LogP) is 5.07. The summed E-state index contributed by atoms with van der Waals surface area (Å²) in [5.74, 6) is 0.544. The van der Waals surface area contributed by atoms with Crippen molar-refractivity contribution in [1.82, 2.24) is 15.0 Å². The molecule has 2 N–H and O–H groups in total. The van der Waals surface area contributed by atoms with Gasteiger partial charge in [-0.2, -0.15) is 13.2 Å². The third-order valence-electron chi connectivity index (χ3n) is 5.08. The van der Waals surface area contributed by atoms with Gasteiger partial charge in [0.15, 0.2) is 0 Å². The Morgan fingerprint density at radius 3 is 2.59 bits per heavy atom. The highest BCUT2D eigenvalue weighted by Crippen LogP contribution is 2.45. The monoisotopic (exact) mass is 443 g/mol. The van der Waals surface area contributed by atoms with Gasteiger partial charge in [0.05, 0.1) is 18.4 Å². The fourth-order valence-corrected chi connectivity index (χ4v) is 2.81. The number of hydrogen-bond donors (Lipinski definition) is 2. The van der Waals surface area contributed by atoms with Gasteiger partial charge in [-0.3, -0.25) is 9.78 Å². The van der Waals surface area contributed by atoms with Crippen LogP contribution in [-0.4, -0.2) is 27.5 Å². The summed E-state index contributed by atoms with van der Waals surface area (Å²) in [5, 5.41) is 5.57. The van der Waals surface area contributed by atoms with E-state index in [1.807, 2.05) is 0 Å². The van der Waals surface area contributed by atoms with Crippen LogP contribution in [0, 0.1) is 5.41 Å². The zero-order valence-electron chi connectivity index (χ0n) is 17.1. The smallest absolute Gasteiger partial charge is 0.417 e. The Bertz CT molecular complexity index is 1120. The highest BCUT2D eigenvalue weighted by atomic mass is 19.4. The van der Waals surface area contributed by atoms with Gasteiger partial charge in [0.2, 0.25) is 0 Å². The van der Waals surface area contributed by atoms with E-state index in [2.05, 4.69) is 32.5 Å². The van der Waals surface area contributed by atoms with E-state index in [4.69, 9.17) is 4.74 Å². The van der Waals surface area contributed by atoms with Crippen LogP contribution in [0.5, 0.6) is 5.75 Å². The molecular formula is C22H20F3N5O2. The van der Waals surface area contributed by atoms with Gasteiger partial charge < -0.3 is 15.4 Å². The Labute approximate surface area is 182 Å². The van der Waals surface area contributed by atoms with Crippen LogP contribution in [0.15, 0.2) is 55.1 Å². The molecule has 1 amide bonds. The van der Waals surface area contributed by atoms with E-state index in [1.165, 1.54) is 30.6 Å². The molecule has 3 heterocycles. The first-order chi connectivity index (χ1) is 15.2. The number of pyridine rings is 3. The molecule has 10 heteroatoms. The van der Waals surface area contributed by atoms with Crippen LogP contribution in [0.2, 0.25) is 0 Å². The molecule has 3 aromatic heterocycles. The quantitative estimate of drug-likeness (QED) is 0.530. The normalized spacial score (nSPS) is 14.5. The van der Waals surface area contributed by atoms with Crippen molar-refractivity contribution in [2.75, 3.05) is 17.2 Å². The Balaban J connectivity index is 1.44. The Kier molecular flexibility index (Phi) is 5.68. The van der Waals surface area contributed by atoms with Crippen LogP contribution in [-0.2, 0) is 6.18 Å². The van der Waals surface area contributed by atoms with Crippen LogP contribution < -0.4 is 15.4 Å². The number of carbonyl (C=O) groups excluding carboxylic acids is 1. The molecule has 32 heavy (non-hydrogen) atoms. The average molecular weight is 443 g/mol. The number of hydrogen-bond acceptors (Lipinski definition) is 6. The Morgan fingerprint density at radius 2 is 1.91 bits per heavy atom. The van der Waals surface area contributed by atoms with E-state index in [0.717, 1.165) is 25.1 Å². The molecule has 1 fully saturated rings. The summed E-state index contributed by atoms with van der Waals surface area (Å²) in [6.07, 6.45) is 3.00. The standard InChI is InChI=1S/C22H20F3N5O2/c1-21(6-7-21)13-32-17-5-8-26-12-16(17)29-20(31)14-4-9-27-19(10-14)30-18-3-2-15(11-28-18)22(23,24)25/h2-5,8-12H,6-7,13H2,1H3,(H,29,31)(H,27,28,30). The molecule has 4 rings (SSSR count). The minimum Gasteiger partial charge on any atom is -0.491 e. The molecule has 7 nitrogen and oxygen atoms in total. The highest BCUT2D eigenvalue weighted by molar-refractivity contribution is 6.05. The number of nitrogens with one attached hydrogen (secondary N) is 2. The SMILES string of the molecule is CC1(COc2ccncc2NC(=O)c2ccnc(Nc3ccc(C(F)(F)F)cn3)c2)CC1. The Morgan fingerprint density at radius 1 is 1.09 bits per heavy atom. The number of anilines is 3. The number of rotatable bonds is 7. The zero-order chi connectivity index (χ0) is 22.8. The van der Waals surface area contributed by atoms with Crippen LogP contribution in [0.3, 0.4) is 0 Å². The first-order valence-corrected chi connectivity index (χ1v) is 9.86. The second-order valence-corrected chi connectivity index (χ2v) is 7.91. The molecule has 0 bridgehead atoms. The lowest BCUT2D eigenvalue weighted by atomic mass is 10.2. The van der Waals surface area contributed by atoms with Crippen molar-refractivity contribution in [2.45, 2.75) is 25.9 Å². The van der Waals surface area contributed by atoms with Crippen LogP contribution in [0.4, 0.5) is 30.5 Å². The summed E-state index contributed by atoms with van der Waals surface area (Å²) in [6.45, 7) is 2.70. The second-order valence-electron chi connectivity index (χ2n) is 7.91. The van der Waals surface area contributed by atoms with E-state index in [9.17, 15) is 18.0 Å². The first kappa shape index (κ1) is 21.5. The fourth-order valence-electron chi connectivity index (χ4n) is 2.81. The van der Waals surface area contributed by atoms with Gasteiger partial charge in [-0.25, -0.2) is 9.97 Å². The van der Waals surface area contributed by atoms with Gasteiger partial charge in [0.25, 0.3) is 5.91 Å². The fraction of sp³-hybridized carbons (Fsp3) is 0.273. The molecule has 0 saturated heterocycles. The van der Waals surface area contributed by atoms with Crippen molar-refractivity contribution in [3.8, 4) is 5.75 Å². The van der Waals surface area contributed by atoms with Crippen LogP contribution >= 0.6 is 0 Å². The summed E-state index contributed by atoms with van der Waals surface area (Å²) in [6, 6.07) is 6.78. The maximum atomic E-state index is 12.7. The predicted molar refractivity (Wildman–Crippen MR) is 112 cm³/mol. The maximum absolute atomic E-state index is 12.7. The van der Waals surface area contributed by atoms with Crippen molar-refractivity contribution >= 4 is 23.2 Å². The molecule has 0 spiro atoms. The van der Waals surface area contributed by atoms with Crippen LogP contribution in [0.25, 0.3) is 0 Å². The molecule has 0 atom stereocenters. The van der Waals surface area contributed by atoms with Crippen molar-refractivity contribution < 1.29 is 22.7 Å². The third kappa shape index (κ3) is 5.32. The molecule has 0 unspecified atom stereocenters. The minimum absolute atomic E-state index is 0.166. The largest absolute Gasteiger partial charge is 0.491 e. The minimum atomic E-state index is -4.47. The number of ether oxygens (including phenoxy) is 1. The lowest BCUT2D eigenvalue weighted by Gasteiger charge is -2.15. The lowest BCUT2D eigenvalue weighted by molar-refractivity contribution is -0.137. The van der Waals surface area contributed by atoms with E-state index < -0.39 is 17.6 Å². The van der Waals surface area contributed by atoms with Gasteiger partial charge in [-0.15, -0.1) is 0 Å². The number of aromatic nitrogens is 3. The Hall–Kier alpha value is -3.69. The summed E-state index contributed by atoms with van der Waals surface area (Å²) >= 11 is 0. The number of alkyl halides is 3. The number of amides is 1. The molecular weight excluding hydrogens is 423 g/mol. The van der Waals surface area contributed by atoms with E-state index >= 15 is 0 Å². The average Bonchev–Trinajstić information content (AvgIpc) is 3.50. The van der Waals surface area contributed by atoms with Gasteiger partial charge in [-0.1, -0.05) is 6.92 Å². The number of nitrogens with zero attached hydrogens (tertiary/aromatic N) is 3. The zero-order valence-corrected chi connectivity index (χ0v) is 17.1. The van der Waals surface area contributed by atoms with Crippen molar-refractivity contribution in [3.05, 3.63) is 66.2 Å². The van der Waals surface area contributed by atoms with E-state index in [0.29, 0.717) is 23.6 Å². The van der Waals surface area contributed by atoms with Gasteiger partial charge in [0, 0.05) is 35.6 Å².